The Morgan fingerprint density at radius 3 is 2.40 bits per heavy atom. The van der Waals surface area contributed by atoms with Crippen LogP contribution in [-0.2, 0) is 14.3 Å². The molecule has 78 heavy (non-hydrogen) atoms. The Balaban J connectivity index is 0.610. The molecule has 11 rings (SSSR count). The molecule has 0 spiro atoms. The zero-order valence-corrected chi connectivity index (χ0v) is 46.0. The number of piperazine rings is 1. The Hall–Kier alpha value is -6.58. The summed E-state index contributed by atoms with van der Waals surface area (Å²) in [6, 6.07) is 20.6. The molecule has 8 heterocycles. The number of β-amino-alcohol motifs (C(OH)–C–C–N with tert-alkyl or cyclic N) is 1. The highest BCUT2D eigenvalue weighted by Gasteiger charge is 2.45. The van der Waals surface area contributed by atoms with Gasteiger partial charge in [0.25, 0.3) is 5.88 Å². The Kier molecular flexibility index (Phi) is 15.8. The zero-order valence-electron chi connectivity index (χ0n) is 44.4. The van der Waals surface area contributed by atoms with E-state index in [-0.39, 0.29) is 89.5 Å². The molecule has 5 fully saturated rings. The molecule has 2 aromatic carbocycles. The second-order valence-corrected chi connectivity index (χ2v) is 23.1. The molecule has 2 bridgehead atoms. The molecular formula is C57H68ClN11O8S. The minimum Gasteiger partial charge on any atom is -0.507 e. The molecule has 412 valence electrons. The van der Waals surface area contributed by atoms with Crippen LogP contribution in [0.25, 0.3) is 21.7 Å². The van der Waals surface area contributed by atoms with Crippen molar-refractivity contribution in [2.24, 2.45) is 5.92 Å². The standard InChI is InChI=1S/C57H68ClN11O8S/c1-32(2)50(57(73)68-30-40(70)24-47(68)55(72)62-33(3)35-9-11-36(12-10-35)53-34(4)61-31-78-53)52-51(58)56(65-77-52)74-22-21-66-19-16-41(17-20-66)75-42-25-43(26-42)76-49-23-37(15-18-60-49)69-38-13-14-39(69)29-67(28-38)46-27-45(63-64-54(46)59)44-7-5-6-8-48(44)71/h5-12,15,18,23,27,31-33,38-43,47,50,70-71H,13-14,16-17,19-22,24-26,28-30H2,1-4H3,(H2,59,64)(H,62,72)/t33-,38?,39?,40+,42-,43-,47-,50+/m0/s1. The van der Waals surface area contributed by atoms with Crippen LogP contribution in [0.5, 0.6) is 17.5 Å². The van der Waals surface area contributed by atoms with E-state index in [1.165, 1.54) is 4.90 Å². The topological polar surface area (TPSA) is 231 Å². The number of benzene rings is 2. The fourth-order valence-corrected chi connectivity index (χ4v) is 13.0. The van der Waals surface area contributed by atoms with E-state index >= 15 is 0 Å². The summed E-state index contributed by atoms with van der Waals surface area (Å²) in [6.45, 7) is 11.9. The largest absolute Gasteiger partial charge is 0.507 e. The smallest absolute Gasteiger partial charge is 0.273 e. The minimum atomic E-state index is -0.877. The molecule has 21 heteroatoms. The Bertz CT molecular complexity index is 3060. The second kappa shape index (κ2) is 23.0. The van der Waals surface area contributed by atoms with E-state index in [9.17, 15) is 19.8 Å². The maximum absolute atomic E-state index is 14.3. The van der Waals surface area contributed by atoms with E-state index in [0.29, 0.717) is 36.1 Å². The number of anilines is 3. The lowest BCUT2D eigenvalue weighted by Gasteiger charge is -2.43. The normalized spacial score (nSPS) is 23.3. The van der Waals surface area contributed by atoms with Crippen molar-refractivity contribution in [2.45, 2.75) is 127 Å². The number of piperidine rings is 1. The monoisotopic (exact) mass is 1100 g/mol. The second-order valence-electron chi connectivity index (χ2n) is 21.8. The van der Waals surface area contributed by atoms with Crippen molar-refractivity contribution in [3.8, 4) is 39.2 Å². The summed E-state index contributed by atoms with van der Waals surface area (Å²) in [5.41, 5.74) is 14.3. The number of hydrogen-bond acceptors (Lipinski definition) is 18. The quantitative estimate of drug-likeness (QED) is 0.0643. The van der Waals surface area contributed by atoms with Gasteiger partial charge in [-0.05, 0) is 86.0 Å². The van der Waals surface area contributed by atoms with E-state index in [4.69, 9.17) is 36.1 Å². The van der Waals surface area contributed by atoms with Gasteiger partial charge in [-0.1, -0.05) is 61.8 Å². The SMILES string of the molecule is Cc1ncsc1-c1ccc([C@H](C)NC(=O)[C@@H]2C[C@@H](O)CN2C(=O)[C@@H](c2onc(OCCN3CCC(O[C@H]4C[C@H](Oc5cc(N6C7CCC6CN(c6cc(-c8ccccc8O)nnc6N)C7)ccn5)C4)CC3)c2Cl)C(C)C)cc1. The number of amides is 2. The lowest BCUT2D eigenvalue weighted by molar-refractivity contribution is -0.141. The van der Waals surface area contributed by atoms with Gasteiger partial charge in [0, 0.05) is 94.1 Å². The number of aromatic hydroxyl groups is 1. The first kappa shape index (κ1) is 53.4. The average Bonchev–Trinajstić information content (AvgIpc) is 4.26. The third kappa shape index (κ3) is 11.3. The molecule has 1 aliphatic carbocycles. The molecule has 1 saturated carbocycles. The third-order valence-corrected chi connectivity index (χ3v) is 17.5. The Morgan fingerprint density at radius 2 is 1.68 bits per heavy atom. The maximum atomic E-state index is 14.3. The highest BCUT2D eigenvalue weighted by atomic mass is 35.5. The first-order valence-corrected chi connectivity index (χ1v) is 28.5. The number of thiazole rings is 1. The minimum absolute atomic E-state index is 0.00881. The summed E-state index contributed by atoms with van der Waals surface area (Å²) >= 11 is 8.44. The van der Waals surface area contributed by atoms with Crippen molar-refractivity contribution in [2.75, 3.05) is 61.4 Å². The van der Waals surface area contributed by atoms with Crippen molar-refractivity contribution < 1.29 is 38.5 Å². The first-order valence-electron chi connectivity index (χ1n) is 27.3. The van der Waals surface area contributed by atoms with Crippen molar-refractivity contribution in [3.05, 3.63) is 100 Å². The molecule has 6 aromatic rings. The van der Waals surface area contributed by atoms with Crippen LogP contribution >= 0.6 is 22.9 Å². The fourth-order valence-electron chi connectivity index (χ4n) is 12.0. The van der Waals surface area contributed by atoms with Crippen LogP contribution in [0, 0.1) is 12.8 Å². The summed E-state index contributed by atoms with van der Waals surface area (Å²) < 4.78 is 24.8. The summed E-state index contributed by atoms with van der Waals surface area (Å²) in [5, 5.41) is 37.1. The number of pyridine rings is 1. The van der Waals surface area contributed by atoms with Crippen molar-refractivity contribution in [3.63, 3.8) is 0 Å². The van der Waals surface area contributed by atoms with Crippen LogP contribution in [0.15, 0.2) is 83.0 Å². The number of phenolic OH excluding ortho intramolecular Hbond substituents is 1. The van der Waals surface area contributed by atoms with Crippen molar-refractivity contribution in [1.82, 2.24) is 40.4 Å². The van der Waals surface area contributed by atoms with E-state index in [0.717, 1.165) is 97.8 Å². The van der Waals surface area contributed by atoms with E-state index < -0.39 is 18.1 Å². The van der Waals surface area contributed by atoms with Gasteiger partial charge in [0.2, 0.25) is 17.7 Å². The number of aromatic nitrogens is 5. The molecule has 4 aromatic heterocycles. The summed E-state index contributed by atoms with van der Waals surface area (Å²) in [7, 11) is 0. The highest BCUT2D eigenvalue weighted by molar-refractivity contribution is 7.13. The van der Waals surface area contributed by atoms with Crippen LogP contribution in [0.1, 0.15) is 94.7 Å². The van der Waals surface area contributed by atoms with Gasteiger partial charge < -0.3 is 54.7 Å². The average molecular weight is 1100 g/mol. The van der Waals surface area contributed by atoms with E-state index in [2.05, 4.69) is 57.5 Å². The Labute approximate surface area is 463 Å². The molecular weight excluding hydrogens is 1030 g/mol. The molecule has 2 unspecified atom stereocenters. The molecule has 19 nitrogen and oxygen atoms in total. The summed E-state index contributed by atoms with van der Waals surface area (Å²) in [6.07, 6.45) is 7.01. The van der Waals surface area contributed by atoms with Crippen LogP contribution in [-0.4, -0.2) is 146 Å². The summed E-state index contributed by atoms with van der Waals surface area (Å²) in [4.78, 5) is 46.8. The number of aryl methyl sites for hydroxylation is 1. The van der Waals surface area contributed by atoms with Gasteiger partial charge in [0.1, 0.15) is 35.4 Å². The van der Waals surface area contributed by atoms with Gasteiger partial charge in [-0.15, -0.1) is 21.5 Å². The van der Waals surface area contributed by atoms with Crippen LogP contribution in [0.3, 0.4) is 0 Å². The number of nitrogens with zero attached hydrogens (tertiary/aromatic N) is 9. The van der Waals surface area contributed by atoms with Gasteiger partial charge in [0.05, 0.1) is 51.8 Å². The molecule has 2 amide bonds. The van der Waals surface area contributed by atoms with Crippen LogP contribution in [0.2, 0.25) is 5.02 Å². The number of carbonyl (C=O) groups is 2. The number of halogens is 1. The number of phenols is 1. The van der Waals surface area contributed by atoms with E-state index in [1.54, 1.807) is 23.5 Å². The first-order chi connectivity index (χ1) is 37.7. The number of aliphatic hydroxyl groups is 1. The number of nitrogen functional groups attached to an aromatic ring is 1. The fraction of sp³-hybridized carbons (Fsp3) is 0.491. The number of hydrogen-bond donors (Lipinski definition) is 4. The van der Waals surface area contributed by atoms with Gasteiger partial charge in [0.15, 0.2) is 11.6 Å². The third-order valence-electron chi connectivity index (χ3n) is 16.2. The zero-order chi connectivity index (χ0) is 54.2. The molecule has 5 N–H and O–H groups in total. The van der Waals surface area contributed by atoms with Crippen molar-refractivity contribution in [1.29, 1.82) is 0 Å². The van der Waals surface area contributed by atoms with Crippen LogP contribution in [0.4, 0.5) is 17.2 Å². The molecule has 5 aliphatic rings. The molecule has 0 radical (unpaired) electrons. The number of ether oxygens (including phenoxy) is 3. The predicted molar refractivity (Wildman–Crippen MR) is 297 cm³/mol. The number of nitrogens with two attached hydrogens (primary N) is 1. The van der Waals surface area contributed by atoms with E-state index in [1.807, 2.05) is 81.9 Å². The lowest BCUT2D eigenvalue weighted by Crippen LogP contribution is -2.54. The predicted octanol–water partition coefficient (Wildman–Crippen LogP) is 7.81. The Morgan fingerprint density at radius 1 is 0.923 bits per heavy atom. The number of likely N-dealkylation sites (tertiary alicyclic amines) is 2. The number of aliphatic hydroxyl groups excluding tert-OH is 1. The number of carbonyl (C=O) groups excluding carboxylic acids is 2. The lowest BCUT2D eigenvalue weighted by atomic mass is 9.91. The molecule has 6 atom stereocenters. The molecule has 4 aliphatic heterocycles. The van der Waals surface area contributed by atoms with Gasteiger partial charge >= 0.3 is 0 Å². The number of nitrogens with one attached hydrogen (secondary N) is 1. The van der Waals surface area contributed by atoms with Crippen LogP contribution < -0.4 is 30.3 Å². The van der Waals surface area contributed by atoms with Gasteiger partial charge in [-0.2, -0.15) is 0 Å². The molecule has 4 saturated heterocycles. The van der Waals surface area contributed by atoms with Crippen molar-refractivity contribution >= 4 is 51.9 Å². The summed E-state index contributed by atoms with van der Waals surface area (Å²) in [5.74, 6) is -0.388. The maximum Gasteiger partial charge on any atom is 0.273 e. The number of para-hydroxylation sites is 1. The number of rotatable bonds is 18. The van der Waals surface area contributed by atoms with Gasteiger partial charge in [-0.25, -0.2) is 9.97 Å². The highest BCUT2D eigenvalue weighted by Crippen LogP contribution is 2.42. The number of fused-ring (bicyclic) bond motifs is 2. The van der Waals surface area contributed by atoms with Gasteiger partial charge in [-0.3, -0.25) is 14.5 Å².